The summed E-state index contributed by atoms with van der Waals surface area (Å²) >= 11 is 0. The van der Waals surface area contributed by atoms with Gasteiger partial charge in [-0.3, -0.25) is 9.59 Å². The van der Waals surface area contributed by atoms with Gasteiger partial charge in [0.2, 0.25) is 5.54 Å². The monoisotopic (exact) mass is 289 g/mol. The number of hydrogen-bond acceptors (Lipinski definition) is 8. The normalized spacial score (nSPS) is 10.6. The lowest BCUT2D eigenvalue weighted by molar-refractivity contribution is -0.160. The maximum atomic E-state index is 11.8. The first-order chi connectivity index (χ1) is 9.45. The SMILES string of the molecule is CCOC(=O)CC(CC(=O)OCC)(N=O)C(=O)OCC. The fraction of sp³-hybridized carbons (Fsp3) is 0.750. The van der Waals surface area contributed by atoms with Crippen LogP contribution in [0.25, 0.3) is 0 Å². The van der Waals surface area contributed by atoms with Crippen molar-refractivity contribution in [1.29, 1.82) is 0 Å². The van der Waals surface area contributed by atoms with Crippen molar-refractivity contribution in [2.75, 3.05) is 19.8 Å². The molecule has 0 spiro atoms. The van der Waals surface area contributed by atoms with Crippen LogP contribution in [0.3, 0.4) is 0 Å². The molecule has 0 unspecified atom stereocenters. The van der Waals surface area contributed by atoms with Crippen LogP contribution in [0.5, 0.6) is 0 Å². The minimum atomic E-state index is -2.14. The van der Waals surface area contributed by atoms with Crippen LogP contribution in [-0.4, -0.2) is 43.3 Å². The molecule has 8 nitrogen and oxygen atoms in total. The van der Waals surface area contributed by atoms with Gasteiger partial charge in [-0.15, -0.1) is 4.91 Å². The Morgan fingerprint density at radius 2 is 1.25 bits per heavy atom. The Balaban J connectivity index is 5.15. The Labute approximate surface area is 116 Å². The van der Waals surface area contributed by atoms with E-state index in [2.05, 4.69) is 14.7 Å². The van der Waals surface area contributed by atoms with Crippen molar-refractivity contribution in [3.8, 4) is 0 Å². The van der Waals surface area contributed by atoms with E-state index in [1.807, 2.05) is 0 Å². The van der Waals surface area contributed by atoms with E-state index in [4.69, 9.17) is 4.74 Å². The fourth-order valence-electron chi connectivity index (χ4n) is 1.48. The second-order valence-corrected chi connectivity index (χ2v) is 3.81. The highest BCUT2D eigenvalue weighted by atomic mass is 16.5. The lowest BCUT2D eigenvalue weighted by Gasteiger charge is -2.22. The number of hydrogen-bond donors (Lipinski definition) is 0. The Hall–Kier alpha value is -1.99. The maximum Gasteiger partial charge on any atom is 0.338 e. The molecule has 0 aromatic carbocycles. The average Bonchev–Trinajstić information content (AvgIpc) is 2.38. The molecule has 0 bridgehead atoms. The van der Waals surface area contributed by atoms with Crippen LogP contribution in [-0.2, 0) is 28.6 Å². The number of rotatable bonds is 9. The number of carbonyl (C=O) groups excluding carboxylic acids is 3. The molecule has 0 aliphatic carbocycles. The molecular formula is C12H19NO7. The van der Waals surface area contributed by atoms with Crippen molar-refractivity contribution in [3.05, 3.63) is 4.91 Å². The van der Waals surface area contributed by atoms with Crippen molar-refractivity contribution >= 4 is 17.9 Å². The van der Waals surface area contributed by atoms with Gasteiger partial charge in [0, 0.05) is 0 Å². The van der Waals surface area contributed by atoms with Crippen molar-refractivity contribution in [2.45, 2.75) is 39.2 Å². The number of ether oxygens (including phenoxy) is 3. The van der Waals surface area contributed by atoms with Gasteiger partial charge in [-0.05, 0) is 25.9 Å². The highest BCUT2D eigenvalue weighted by molar-refractivity contribution is 5.91. The highest BCUT2D eigenvalue weighted by Gasteiger charge is 2.47. The lowest BCUT2D eigenvalue weighted by atomic mass is 9.92. The number of nitrogens with zero attached hydrogens (tertiary/aromatic N) is 1. The van der Waals surface area contributed by atoms with Gasteiger partial charge < -0.3 is 14.2 Å². The third kappa shape index (κ3) is 5.33. The number of nitroso groups, excluding NO2 is 1. The zero-order valence-corrected chi connectivity index (χ0v) is 11.8. The highest BCUT2D eigenvalue weighted by Crippen LogP contribution is 2.24. The summed E-state index contributed by atoms with van der Waals surface area (Å²) in [5.74, 6) is -2.68. The predicted octanol–water partition coefficient (Wildman–Crippen LogP) is 0.961. The van der Waals surface area contributed by atoms with Crippen molar-refractivity contribution in [1.82, 2.24) is 0 Å². The fourth-order valence-corrected chi connectivity index (χ4v) is 1.48. The minimum absolute atomic E-state index is 0.0121. The van der Waals surface area contributed by atoms with Crippen molar-refractivity contribution < 1.29 is 28.6 Å². The largest absolute Gasteiger partial charge is 0.466 e. The molecule has 114 valence electrons. The Morgan fingerprint density at radius 3 is 1.55 bits per heavy atom. The molecule has 8 heteroatoms. The van der Waals surface area contributed by atoms with Crippen LogP contribution in [0.4, 0.5) is 0 Å². The summed E-state index contributed by atoms with van der Waals surface area (Å²) in [4.78, 5) is 45.9. The molecule has 20 heavy (non-hydrogen) atoms. The van der Waals surface area contributed by atoms with E-state index in [1.165, 1.54) is 6.92 Å². The van der Waals surface area contributed by atoms with Crippen LogP contribution in [0.2, 0.25) is 0 Å². The Morgan fingerprint density at radius 1 is 0.850 bits per heavy atom. The average molecular weight is 289 g/mol. The third-order valence-electron chi connectivity index (χ3n) is 2.31. The molecule has 0 saturated heterocycles. The molecular weight excluding hydrogens is 270 g/mol. The molecule has 0 radical (unpaired) electrons. The van der Waals surface area contributed by atoms with E-state index >= 15 is 0 Å². The van der Waals surface area contributed by atoms with E-state index in [-0.39, 0.29) is 19.8 Å². The number of esters is 3. The van der Waals surface area contributed by atoms with Gasteiger partial charge in [0.1, 0.15) is 0 Å². The molecule has 0 atom stereocenters. The standard InChI is InChI=1S/C12H19NO7/c1-4-18-9(14)7-12(13-17,11(16)20-6-3)8-10(15)19-5-2/h4-8H2,1-3H3. The molecule has 0 heterocycles. The molecule has 0 aliphatic rings. The van der Waals surface area contributed by atoms with Gasteiger partial charge in [0.25, 0.3) is 0 Å². The van der Waals surface area contributed by atoms with E-state index in [0.29, 0.717) is 0 Å². The summed E-state index contributed by atoms with van der Waals surface area (Å²) in [5, 5.41) is 2.66. The maximum absolute atomic E-state index is 11.8. The summed E-state index contributed by atoms with van der Waals surface area (Å²) in [6.07, 6.45) is -1.33. The third-order valence-corrected chi connectivity index (χ3v) is 2.31. The number of carbonyl (C=O) groups is 3. The lowest BCUT2D eigenvalue weighted by Crippen LogP contribution is -2.43. The minimum Gasteiger partial charge on any atom is -0.466 e. The first-order valence-corrected chi connectivity index (χ1v) is 6.28. The zero-order chi connectivity index (χ0) is 15.6. The van der Waals surface area contributed by atoms with Crippen LogP contribution in [0.1, 0.15) is 33.6 Å². The van der Waals surface area contributed by atoms with Gasteiger partial charge in [0.05, 0.1) is 32.7 Å². The topological polar surface area (TPSA) is 108 Å². The first kappa shape index (κ1) is 18.0. The molecule has 0 aromatic rings. The van der Waals surface area contributed by atoms with Crippen LogP contribution in [0.15, 0.2) is 5.18 Å². The zero-order valence-electron chi connectivity index (χ0n) is 11.8. The van der Waals surface area contributed by atoms with Gasteiger partial charge in [-0.25, -0.2) is 4.79 Å². The van der Waals surface area contributed by atoms with E-state index in [1.54, 1.807) is 13.8 Å². The second-order valence-electron chi connectivity index (χ2n) is 3.81. The Kier molecular flexibility index (Phi) is 8.10. The molecule has 0 fully saturated rings. The summed E-state index contributed by atoms with van der Waals surface area (Å²) < 4.78 is 14.1. The molecule has 0 N–H and O–H groups in total. The van der Waals surface area contributed by atoms with E-state index in [9.17, 15) is 19.3 Å². The molecule has 0 saturated carbocycles. The molecule has 0 aromatic heterocycles. The summed E-state index contributed by atoms with van der Waals surface area (Å²) in [6, 6.07) is 0. The van der Waals surface area contributed by atoms with Crippen molar-refractivity contribution in [2.24, 2.45) is 5.18 Å². The van der Waals surface area contributed by atoms with Crippen LogP contribution >= 0.6 is 0 Å². The van der Waals surface area contributed by atoms with E-state index in [0.717, 1.165) is 0 Å². The predicted molar refractivity (Wildman–Crippen MR) is 67.7 cm³/mol. The van der Waals surface area contributed by atoms with Gasteiger partial charge >= 0.3 is 17.9 Å². The van der Waals surface area contributed by atoms with E-state index < -0.39 is 36.3 Å². The van der Waals surface area contributed by atoms with Gasteiger partial charge in [-0.1, -0.05) is 0 Å². The Bertz CT molecular complexity index is 347. The second kappa shape index (κ2) is 9.00. The molecule has 0 aliphatic heterocycles. The van der Waals surface area contributed by atoms with Crippen molar-refractivity contribution in [3.63, 3.8) is 0 Å². The molecule has 0 amide bonds. The summed E-state index contributed by atoms with van der Waals surface area (Å²) in [5.41, 5.74) is -2.14. The summed E-state index contributed by atoms with van der Waals surface area (Å²) in [6.45, 7) is 4.82. The first-order valence-electron chi connectivity index (χ1n) is 6.28. The van der Waals surface area contributed by atoms with Crippen LogP contribution in [0, 0.1) is 4.91 Å². The smallest absolute Gasteiger partial charge is 0.338 e. The van der Waals surface area contributed by atoms with Crippen LogP contribution < -0.4 is 0 Å². The van der Waals surface area contributed by atoms with Gasteiger partial charge in [-0.2, -0.15) is 0 Å². The molecule has 0 rings (SSSR count). The summed E-state index contributed by atoms with van der Waals surface area (Å²) in [7, 11) is 0. The van der Waals surface area contributed by atoms with Gasteiger partial charge in [0.15, 0.2) is 0 Å². The quantitative estimate of drug-likeness (QED) is 0.353.